The third kappa shape index (κ3) is 3.71. The van der Waals surface area contributed by atoms with Gasteiger partial charge in [0.2, 0.25) is 0 Å². The molecule has 0 unspecified atom stereocenters. The van der Waals surface area contributed by atoms with Crippen LogP contribution in [0.5, 0.6) is 5.75 Å². The maximum Gasteiger partial charge on any atom is 0.301 e. The predicted molar refractivity (Wildman–Crippen MR) is 132 cm³/mol. The Bertz CT molecular complexity index is 1410. The Kier molecular flexibility index (Phi) is 5.47. The van der Waals surface area contributed by atoms with E-state index in [4.69, 9.17) is 4.74 Å². The van der Waals surface area contributed by atoms with Crippen molar-refractivity contribution in [1.29, 1.82) is 0 Å². The second kappa shape index (κ2) is 8.46. The minimum absolute atomic E-state index is 0.0248. The number of aliphatic hydroxyl groups excluding tert-OH is 1. The lowest BCUT2D eigenvalue weighted by Crippen LogP contribution is -2.29. The Morgan fingerprint density at radius 3 is 2.48 bits per heavy atom. The minimum atomic E-state index is -0.833. The molecule has 1 aliphatic heterocycles. The Labute approximate surface area is 201 Å². The van der Waals surface area contributed by atoms with Gasteiger partial charge in [0.1, 0.15) is 11.5 Å². The van der Waals surface area contributed by atoms with E-state index in [1.54, 1.807) is 55.6 Å². The van der Waals surface area contributed by atoms with Crippen molar-refractivity contribution in [2.75, 3.05) is 12.0 Å². The summed E-state index contributed by atoms with van der Waals surface area (Å²) in [5.74, 6) is -1.06. The second-order valence-corrected chi connectivity index (χ2v) is 9.34. The van der Waals surface area contributed by atoms with Crippen LogP contribution in [0.15, 0.2) is 82.8 Å². The molecule has 164 valence electrons. The maximum absolute atomic E-state index is 13.3. The second-order valence-electron chi connectivity index (χ2n) is 7.42. The minimum Gasteiger partial charge on any atom is -0.507 e. The van der Waals surface area contributed by atoms with Gasteiger partial charge >= 0.3 is 5.91 Å². The van der Waals surface area contributed by atoms with Crippen molar-refractivity contribution in [1.82, 2.24) is 4.98 Å². The number of ketones is 1. The topological polar surface area (TPSA) is 79.7 Å². The average Bonchev–Trinajstić information content (AvgIpc) is 3.37. The zero-order chi connectivity index (χ0) is 23.1. The van der Waals surface area contributed by atoms with E-state index in [1.807, 2.05) is 24.3 Å². The highest BCUT2D eigenvalue weighted by atomic mass is 79.9. The van der Waals surface area contributed by atoms with Crippen LogP contribution < -0.4 is 9.64 Å². The van der Waals surface area contributed by atoms with Gasteiger partial charge < -0.3 is 9.84 Å². The number of carbonyl (C=O) groups excluding carboxylic acids is 2. The lowest BCUT2D eigenvalue weighted by Gasteiger charge is -2.23. The summed E-state index contributed by atoms with van der Waals surface area (Å²) in [5.41, 5.74) is 1.86. The number of carbonyl (C=O) groups is 2. The number of aromatic nitrogens is 1. The van der Waals surface area contributed by atoms with E-state index in [1.165, 1.54) is 16.2 Å². The van der Waals surface area contributed by atoms with Gasteiger partial charge in [0.15, 0.2) is 5.13 Å². The normalized spacial score (nSPS) is 17.6. The van der Waals surface area contributed by atoms with Gasteiger partial charge in [-0.1, -0.05) is 69.7 Å². The van der Waals surface area contributed by atoms with Gasteiger partial charge in [0.05, 0.1) is 28.9 Å². The summed E-state index contributed by atoms with van der Waals surface area (Å²) in [7, 11) is 1.57. The molecule has 1 saturated heterocycles. The molecule has 0 spiro atoms. The smallest absolute Gasteiger partial charge is 0.301 e. The Morgan fingerprint density at radius 2 is 1.79 bits per heavy atom. The van der Waals surface area contributed by atoms with Gasteiger partial charge in [-0.3, -0.25) is 14.5 Å². The Balaban J connectivity index is 1.72. The van der Waals surface area contributed by atoms with Crippen LogP contribution in [0, 0.1) is 0 Å². The third-order valence-corrected chi connectivity index (χ3v) is 6.98. The number of fused-ring (bicyclic) bond motifs is 1. The number of methoxy groups -OCH3 is 1. The third-order valence-electron chi connectivity index (χ3n) is 5.47. The number of aliphatic hydroxyl groups is 1. The fourth-order valence-corrected chi connectivity index (χ4v) is 5.42. The molecule has 1 atom stereocenters. The molecule has 0 radical (unpaired) electrons. The van der Waals surface area contributed by atoms with Crippen LogP contribution in [-0.4, -0.2) is 28.9 Å². The van der Waals surface area contributed by atoms with Crippen LogP contribution in [0.1, 0.15) is 17.2 Å². The summed E-state index contributed by atoms with van der Waals surface area (Å²) in [6, 6.07) is 20.6. The van der Waals surface area contributed by atoms with Crippen molar-refractivity contribution < 1.29 is 19.4 Å². The summed E-state index contributed by atoms with van der Waals surface area (Å²) in [6.07, 6.45) is 0. The highest BCUT2D eigenvalue weighted by Crippen LogP contribution is 2.44. The fourth-order valence-electron chi connectivity index (χ4n) is 3.87. The molecule has 3 aromatic carbocycles. The monoisotopic (exact) mass is 520 g/mol. The van der Waals surface area contributed by atoms with Gasteiger partial charge in [-0.2, -0.15) is 0 Å². The van der Waals surface area contributed by atoms with Crippen molar-refractivity contribution in [3.8, 4) is 5.75 Å². The molecule has 8 heteroatoms. The van der Waals surface area contributed by atoms with Crippen LogP contribution in [-0.2, 0) is 9.59 Å². The summed E-state index contributed by atoms with van der Waals surface area (Å²) >= 11 is 4.77. The zero-order valence-electron chi connectivity index (χ0n) is 17.4. The summed E-state index contributed by atoms with van der Waals surface area (Å²) in [6.45, 7) is 0. The average molecular weight is 521 g/mol. The van der Waals surface area contributed by atoms with Crippen LogP contribution in [0.4, 0.5) is 5.13 Å². The predicted octanol–water partition coefficient (Wildman–Crippen LogP) is 5.69. The summed E-state index contributed by atoms with van der Waals surface area (Å²) in [4.78, 5) is 32.5. The van der Waals surface area contributed by atoms with E-state index in [2.05, 4.69) is 20.9 Å². The van der Waals surface area contributed by atoms with E-state index in [0.29, 0.717) is 22.0 Å². The molecule has 33 heavy (non-hydrogen) atoms. The molecule has 2 heterocycles. The number of hydrogen-bond acceptors (Lipinski definition) is 6. The first-order valence-electron chi connectivity index (χ1n) is 10.0. The molecular formula is C25H17BrN2O4S. The molecule has 1 aliphatic rings. The molecule has 0 bridgehead atoms. The number of rotatable bonds is 4. The summed E-state index contributed by atoms with van der Waals surface area (Å²) < 4.78 is 7.02. The van der Waals surface area contributed by atoms with Crippen LogP contribution >= 0.6 is 27.3 Å². The Morgan fingerprint density at radius 1 is 1.06 bits per heavy atom. The number of Topliss-reactive ketones (excluding diaryl/α,β-unsaturated/α-hetero) is 1. The van der Waals surface area contributed by atoms with Gasteiger partial charge in [-0.15, -0.1) is 0 Å². The Hall–Kier alpha value is -3.49. The van der Waals surface area contributed by atoms with E-state index in [9.17, 15) is 14.7 Å². The van der Waals surface area contributed by atoms with Gasteiger partial charge in [0, 0.05) is 10.0 Å². The first-order valence-corrected chi connectivity index (χ1v) is 11.7. The summed E-state index contributed by atoms with van der Waals surface area (Å²) in [5, 5.41) is 11.5. The van der Waals surface area contributed by atoms with Gasteiger partial charge in [-0.25, -0.2) is 4.98 Å². The van der Waals surface area contributed by atoms with Crippen molar-refractivity contribution in [3.05, 3.63) is 94.0 Å². The number of ether oxygens (including phenoxy) is 1. The van der Waals surface area contributed by atoms with Crippen molar-refractivity contribution in [2.45, 2.75) is 6.04 Å². The molecular weight excluding hydrogens is 504 g/mol. The standard InChI is InChI=1S/C25H17BrN2O4S/c1-32-17-10-7-14(8-11-17)21-20(22(29)15-5-3-2-4-6-15)23(30)24(31)28(21)25-27-18-12-9-16(26)13-19(18)33-25/h2-13,21,29H,1H3/t21-/m1/s1. The number of hydrogen-bond donors (Lipinski definition) is 1. The molecule has 4 aromatic rings. The molecule has 1 fully saturated rings. The lowest BCUT2D eigenvalue weighted by molar-refractivity contribution is -0.132. The number of amides is 1. The highest BCUT2D eigenvalue weighted by molar-refractivity contribution is 9.10. The largest absolute Gasteiger partial charge is 0.507 e. The SMILES string of the molecule is COc1ccc([C@@H]2C(=C(O)c3ccccc3)C(=O)C(=O)N2c2nc3ccc(Br)cc3s2)cc1. The molecule has 5 rings (SSSR count). The van der Waals surface area contributed by atoms with Crippen molar-refractivity contribution in [3.63, 3.8) is 0 Å². The van der Waals surface area contributed by atoms with Crippen molar-refractivity contribution in [2.24, 2.45) is 0 Å². The van der Waals surface area contributed by atoms with Gasteiger partial charge in [-0.05, 0) is 35.9 Å². The zero-order valence-corrected chi connectivity index (χ0v) is 19.8. The number of halogens is 1. The van der Waals surface area contributed by atoms with E-state index in [-0.39, 0.29) is 11.3 Å². The molecule has 6 nitrogen and oxygen atoms in total. The van der Waals surface area contributed by atoms with Gasteiger partial charge in [0.25, 0.3) is 5.78 Å². The number of thiazole rings is 1. The molecule has 0 aliphatic carbocycles. The van der Waals surface area contributed by atoms with E-state index in [0.717, 1.165) is 14.7 Å². The van der Waals surface area contributed by atoms with E-state index < -0.39 is 17.7 Å². The van der Waals surface area contributed by atoms with Crippen LogP contribution in [0.2, 0.25) is 0 Å². The first kappa shape index (κ1) is 21.4. The first-order chi connectivity index (χ1) is 16.0. The van der Waals surface area contributed by atoms with Crippen molar-refractivity contribution >= 4 is 60.1 Å². The number of benzene rings is 3. The molecule has 1 aromatic heterocycles. The number of anilines is 1. The lowest BCUT2D eigenvalue weighted by atomic mass is 9.95. The molecule has 1 amide bonds. The van der Waals surface area contributed by atoms with Crippen LogP contribution in [0.25, 0.3) is 16.0 Å². The van der Waals surface area contributed by atoms with Crippen LogP contribution in [0.3, 0.4) is 0 Å². The number of nitrogens with zero attached hydrogens (tertiary/aromatic N) is 2. The molecule has 0 saturated carbocycles. The van der Waals surface area contributed by atoms with E-state index >= 15 is 0 Å². The molecule has 1 N–H and O–H groups in total. The quantitative estimate of drug-likeness (QED) is 0.212. The fraction of sp³-hybridized carbons (Fsp3) is 0.0800. The highest BCUT2D eigenvalue weighted by Gasteiger charge is 2.48. The maximum atomic E-state index is 13.3.